The molecule has 0 radical (unpaired) electrons. The predicted octanol–water partition coefficient (Wildman–Crippen LogP) is 1.56. The van der Waals surface area contributed by atoms with E-state index in [4.69, 9.17) is 9.15 Å². The maximum Gasteiger partial charge on any atom is 0.315 e. The van der Waals surface area contributed by atoms with Crippen LogP contribution in [0.4, 0.5) is 6.01 Å². The summed E-state index contributed by atoms with van der Waals surface area (Å²) in [7, 11) is -2.94. The molecule has 1 saturated heterocycles. The molecule has 0 amide bonds. The van der Waals surface area contributed by atoms with Crippen LogP contribution in [0.25, 0.3) is 0 Å². The van der Waals surface area contributed by atoms with Crippen LogP contribution < -0.4 is 10.1 Å². The first-order valence-electron chi connectivity index (χ1n) is 6.99. The van der Waals surface area contributed by atoms with Crippen LogP contribution in [0.1, 0.15) is 17.9 Å². The van der Waals surface area contributed by atoms with Crippen LogP contribution in [0.3, 0.4) is 0 Å². The van der Waals surface area contributed by atoms with E-state index >= 15 is 0 Å². The summed E-state index contributed by atoms with van der Waals surface area (Å²) in [6.07, 6.45) is 0.555. The zero-order chi connectivity index (χ0) is 15.6. The molecule has 1 aliphatic heterocycles. The van der Waals surface area contributed by atoms with Crippen molar-refractivity contribution in [3.63, 3.8) is 0 Å². The highest BCUT2D eigenvalue weighted by Crippen LogP contribution is 2.18. The average Bonchev–Trinajstić information content (AvgIpc) is 3.05. The van der Waals surface area contributed by atoms with Gasteiger partial charge in [-0.15, -0.1) is 5.10 Å². The van der Waals surface area contributed by atoms with Gasteiger partial charge in [-0.25, -0.2) is 8.42 Å². The molecule has 0 spiro atoms. The Kier molecular flexibility index (Phi) is 4.02. The molecule has 1 N–H and O–H groups in total. The van der Waals surface area contributed by atoms with Crippen molar-refractivity contribution in [2.24, 2.45) is 0 Å². The Morgan fingerprint density at radius 2 is 2.09 bits per heavy atom. The van der Waals surface area contributed by atoms with E-state index in [2.05, 4.69) is 15.5 Å². The molecule has 118 valence electrons. The van der Waals surface area contributed by atoms with Gasteiger partial charge in [0.05, 0.1) is 11.5 Å². The minimum absolute atomic E-state index is 0.102. The number of benzene rings is 1. The highest BCUT2D eigenvalue weighted by Gasteiger charge is 2.28. The van der Waals surface area contributed by atoms with Crippen LogP contribution in [0.2, 0.25) is 0 Å². The van der Waals surface area contributed by atoms with Gasteiger partial charge in [0.2, 0.25) is 0 Å². The number of sulfone groups is 1. The fourth-order valence-electron chi connectivity index (χ4n) is 2.23. The van der Waals surface area contributed by atoms with Gasteiger partial charge in [-0.05, 0) is 25.5 Å². The third kappa shape index (κ3) is 3.76. The minimum atomic E-state index is -2.94. The third-order valence-corrected chi connectivity index (χ3v) is 5.18. The monoisotopic (exact) mass is 323 g/mol. The van der Waals surface area contributed by atoms with Crippen LogP contribution in [0, 0.1) is 6.92 Å². The summed E-state index contributed by atoms with van der Waals surface area (Å²) >= 11 is 0. The molecule has 1 aromatic heterocycles. The lowest BCUT2D eigenvalue weighted by Gasteiger charge is -2.06. The number of anilines is 1. The summed E-state index contributed by atoms with van der Waals surface area (Å²) in [4.78, 5) is 0. The third-order valence-electron chi connectivity index (χ3n) is 3.41. The maximum atomic E-state index is 11.4. The smallest absolute Gasteiger partial charge is 0.315 e. The number of hydrogen-bond donors (Lipinski definition) is 1. The second kappa shape index (κ2) is 5.96. The Morgan fingerprint density at radius 3 is 2.77 bits per heavy atom. The van der Waals surface area contributed by atoms with Gasteiger partial charge in [0.15, 0.2) is 16.4 Å². The van der Waals surface area contributed by atoms with Crippen molar-refractivity contribution in [3.8, 4) is 5.75 Å². The van der Waals surface area contributed by atoms with Crippen molar-refractivity contribution in [2.75, 3.05) is 16.8 Å². The van der Waals surface area contributed by atoms with E-state index in [1.54, 1.807) is 0 Å². The standard InChI is InChI=1S/C14H17N3O4S/c1-10-2-4-12(5-3-10)20-8-13-16-17-14(21-13)15-11-6-7-22(18,19)9-11/h2-5,11H,6-9H2,1H3,(H,15,17). The van der Waals surface area contributed by atoms with Crippen molar-refractivity contribution in [3.05, 3.63) is 35.7 Å². The lowest BCUT2D eigenvalue weighted by Crippen LogP contribution is -2.20. The van der Waals surface area contributed by atoms with Gasteiger partial charge in [0, 0.05) is 6.04 Å². The summed E-state index contributed by atoms with van der Waals surface area (Å²) in [5.74, 6) is 1.36. The second-order valence-electron chi connectivity index (χ2n) is 5.35. The fraction of sp³-hybridized carbons (Fsp3) is 0.429. The molecule has 1 aromatic carbocycles. The van der Waals surface area contributed by atoms with Crippen LogP contribution in [-0.4, -0.2) is 36.2 Å². The van der Waals surface area contributed by atoms with Crippen molar-refractivity contribution in [1.29, 1.82) is 0 Å². The number of rotatable bonds is 5. The van der Waals surface area contributed by atoms with Crippen molar-refractivity contribution < 1.29 is 17.6 Å². The Morgan fingerprint density at radius 1 is 1.32 bits per heavy atom. The van der Waals surface area contributed by atoms with Crippen LogP contribution in [-0.2, 0) is 16.4 Å². The van der Waals surface area contributed by atoms with E-state index in [0.717, 1.165) is 11.3 Å². The molecule has 0 aliphatic carbocycles. The molecule has 22 heavy (non-hydrogen) atoms. The normalized spacial score (nSPS) is 20.0. The van der Waals surface area contributed by atoms with Crippen LogP contribution in [0.15, 0.2) is 28.7 Å². The molecule has 1 unspecified atom stereocenters. The van der Waals surface area contributed by atoms with Crippen LogP contribution >= 0.6 is 0 Å². The van der Waals surface area contributed by atoms with E-state index in [9.17, 15) is 8.42 Å². The largest absolute Gasteiger partial charge is 0.484 e. The number of aryl methyl sites for hydroxylation is 1. The van der Waals surface area contributed by atoms with Gasteiger partial charge in [-0.2, -0.15) is 0 Å². The lowest BCUT2D eigenvalue weighted by atomic mass is 10.2. The summed E-state index contributed by atoms with van der Waals surface area (Å²) in [6, 6.07) is 7.71. The molecular weight excluding hydrogens is 306 g/mol. The summed E-state index contributed by atoms with van der Waals surface area (Å²) in [6.45, 7) is 2.17. The number of nitrogens with one attached hydrogen (secondary N) is 1. The maximum absolute atomic E-state index is 11.4. The highest BCUT2D eigenvalue weighted by atomic mass is 32.2. The molecule has 0 bridgehead atoms. The molecule has 2 heterocycles. The first kappa shape index (κ1) is 14.8. The average molecular weight is 323 g/mol. The lowest BCUT2D eigenvalue weighted by molar-refractivity contribution is 0.264. The second-order valence-corrected chi connectivity index (χ2v) is 7.58. The Bertz CT molecular complexity index is 740. The van der Waals surface area contributed by atoms with Crippen molar-refractivity contribution in [2.45, 2.75) is 26.0 Å². The van der Waals surface area contributed by atoms with Gasteiger partial charge >= 0.3 is 6.01 Å². The quantitative estimate of drug-likeness (QED) is 0.892. The molecule has 1 aliphatic rings. The molecule has 7 nitrogen and oxygen atoms in total. The Hall–Kier alpha value is -2.09. The van der Waals surface area contributed by atoms with Crippen molar-refractivity contribution >= 4 is 15.9 Å². The summed E-state index contributed by atoms with van der Waals surface area (Å²) in [5, 5.41) is 10.7. The minimum Gasteiger partial charge on any atom is -0.484 e. The molecular formula is C14H17N3O4S. The number of nitrogens with zero attached hydrogens (tertiary/aromatic N) is 2. The molecule has 2 aromatic rings. The SMILES string of the molecule is Cc1ccc(OCc2nnc(NC3CCS(=O)(=O)C3)o2)cc1. The first-order chi connectivity index (χ1) is 10.5. The predicted molar refractivity (Wildman–Crippen MR) is 80.5 cm³/mol. The summed E-state index contributed by atoms with van der Waals surface area (Å²) < 4.78 is 33.7. The number of aromatic nitrogens is 2. The van der Waals surface area contributed by atoms with Gasteiger partial charge in [0.25, 0.3) is 5.89 Å². The van der Waals surface area contributed by atoms with Crippen molar-refractivity contribution in [1.82, 2.24) is 10.2 Å². The van der Waals surface area contributed by atoms with Gasteiger partial charge in [0.1, 0.15) is 5.75 Å². The Balaban J connectivity index is 1.54. The molecule has 1 fully saturated rings. The van der Waals surface area contributed by atoms with E-state index in [1.807, 2.05) is 31.2 Å². The topological polar surface area (TPSA) is 94.3 Å². The zero-order valence-corrected chi connectivity index (χ0v) is 13.0. The molecule has 8 heteroatoms. The van der Waals surface area contributed by atoms with E-state index < -0.39 is 9.84 Å². The van der Waals surface area contributed by atoms with E-state index in [-0.39, 0.29) is 30.2 Å². The molecule has 3 rings (SSSR count). The molecule has 0 saturated carbocycles. The zero-order valence-electron chi connectivity index (χ0n) is 12.2. The Labute approximate surface area is 128 Å². The molecule has 1 atom stereocenters. The van der Waals surface area contributed by atoms with E-state index in [0.29, 0.717) is 12.3 Å². The van der Waals surface area contributed by atoms with Gasteiger partial charge in [-0.1, -0.05) is 22.8 Å². The number of hydrogen-bond acceptors (Lipinski definition) is 7. The van der Waals surface area contributed by atoms with E-state index in [1.165, 1.54) is 0 Å². The highest BCUT2D eigenvalue weighted by molar-refractivity contribution is 7.91. The first-order valence-corrected chi connectivity index (χ1v) is 8.81. The van der Waals surface area contributed by atoms with Gasteiger partial charge in [-0.3, -0.25) is 0 Å². The summed E-state index contributed by atoms with van der Waals surface area (Å²) in [5.41, 5.74) is 1.16. The number of ether oxygens (including phenoxy) is 1. The van der Waals surface area contributed by atoms with Gasteiger partial charge < -0.3 is 14.5 Å². The fourth-order valence-corrected chi connectivity index (χ4v) is 3.91. The van der Waals surface area contributed by atoms with Crippen LogP contribution in [0.5, 0.6) is 5.75 Å².